The minimum Gasteiger partial charge on any atom is -0.314 e. The zero-order valence-electron chi connectivity index (χ0n) is 11.6. The van der Waals surface area contributed by atoms with E-state index < -0.39 is 17.6 Å². The van der Waals surface area contributed by atoms with Crippen molar-refractivity contribution in [3.05, 3.63) is 35.1 Å². The topological polar surface area (TPSA) is 12.0 Å². The lowest BCUT2D eigenvalue weighted by Crippen LogP contribution is -2.26. The molecule has 0 aromatic heterocycles. The summed E-state index contributed by atoms with van der Waals surface area (Å²) in [4.78, 5) is 0. The van der Waals surface area contributed by atoms with E-state index in [1.54, 1.807) is 0 Å². The second-order valence-electron chi connectivity index (χ2n) is 5.69. The van der Waals surface area contributed by atoms with E-state index in [0.717, 1.165) is 18.7 Å². The molecule has 5 heteroatoms. The molecule has 2 rings (SSSR count). The Kier molecular flexibility index (Phi) is 4.37. The van der Waals surface area contributed by atoms with Crippen molar-refractivity contribution in [2.24, 2.45) is 5.92 Å². The second-order valence-corrected chi connectivity index (χ2v) is 5.69. The Labute approximate surface area is 116 Å². The van der Waals surface area contributed by atoms with Gasteiger partial charge in [-0.3, -0.25) is 0 Å². The molecule has 1 aromatic carbocycles. The fourth-order valence-electron chi connectivity index (χ4n) is 2.19. The van der Waals surface area contributed by atoms with Gasteiger partial charge in [-0.2, -0.15) is 13.2 Å². The molecule has 0 bridgehead atoms. The van der Waals surface area contributed by atoms with E-state index in [9.17, 15) is 17.6 Å². The van der Waals surface area contributed by atoms with Crippen molar-refractivity contribution in [3.8, 4) is 0 Å². The second kappa shape index (κ2) is 5.72. The lowest BCUT2D eigenvalue weighted by Gasteiger charge is -2.21. The predicted molar refractivity (Wildman–Crippen MR) is 70.0 cm³/mol. The normalized spacial score (nSPS) is 18.9. The Morgan fingerprint density at radius 2 is 1.90 bits per heavy atom. The minimum atomic E-state index is -4.63. The first-order valence-electron chi connectivity index (χ1n) is 6.89. The van der Waals surface area contributed by atoms with Crippen molar-refractivity contribution in [1.29, 1.82) is 0 Å². The van der Waals surface area contributed by atoms with Gasteiger partial charge in [0.2, 0.25) is 0 Å². The van der Waals surface area contributed by atoms with Crippen LogP contribution in [0.5, 0.6) is 0 Å². The maximum absolute atomic E-state index is 13.6. The quantitative estimate of drug-likeness (QED) is 0.795. The first-order chi connectivity index (χ1) is 9.29. The Hall–Kier alpha value is -1.10. The maximum Gasteiger partial charge on any atom is 0.419 e. The van der Waals surface area contributed by atoms with Gasteiger partial charge >= 0.3 is 6.18 Å². The van der Waals surface area contributed by atoms with E-state index in [1.165, 1.54) is 18.9 Å². The number of hydrogen-bond donors (Lipinski definition) is 1. The van der Waals surface area contributed by atoms with E-state index in [1.807, 2.05) is 13.8 Å². The largest absolute Gasteiger partial charge is 0.419 e. The molecule has 0 aliphatic heterocycles. The minimum absolute atomic E-state index is 0.0121. The lowest BCUT2D eigenvalue weighted by molar-refractivity contribution is -0.140. The van der Waals surface area contributed by atoms with Gasteiger partial charge in [-0.05, 0) is 48.9 Å². The van der Waals surface area contributed by atoms with Gasteiger partial charge in [0.05, 0.1) is 5.56 Å². The highest BCUT2D eigenvalue weighted by Crippen LogP contribution is 2.34. The van der Waals surface area contributed by atoms with Crippen LogP contribution in [0.1, 0.15) is 43.7 Å². The van der Waals surface area contributed by atoms with Gasteiger partial charge in [-0.25, -0.2) is 4.39 Å². The molecular weight excluding hydrogens is 270 g/mol. The van der Waals surface area contributed by atoms with Crippen LogP contribution in [0.2, 0.25) is 0 Å². The van der Waals surface area contributed by atoms with E-state index >= 15 is 0 Å². The predicted octanol–water partition coefficient (Wildman–Crippen LogP) is 4.34. The summed E-state index contributed by atoms with van der Waals surface area (Å²) in [5.74, 6) is -0.936. The third kappa shape index (κ3) is 3.72. The van der Waals surface area contributed by atoms with Gasteiger partial charge in [-0.1, -0.05) is 19.9 Å². The summed E-state index contributed by atoms with van der Waals surface area (Å²) in [6.45, 7) is 4.74. The van der Waals surface area contributed by atoms with E-state index in [-0.39, 0.29) is 11.8 Å². The maximum atomic E-state index is 13.6. The zero-order chi connectivity index (χ0) is 14.9. The zero-order valence-corrected chi connectivity index (χ0v) is 11.6. The van der Waals surface area contributed by atoms with Gasteiger partial charge in [0.25, 0.3) is 0 Å². The monoisotopic (exact) mass is 289 g/mol. The van der Waals surface area contributed by atoms with Crippen molar-refractivity contribution in [2.75, 3.05) is 6.54 Å². The van der Waals surface area contributed by atoms with Crippen LogP contribution in [-0.2, 0) is 6.18 Å². The number of alkyl halides is 3. The summed E-state index contributed by atoms with van der Waals surface area (Å²) in [6.07, 6.45) is -2.25. The number of hydrogen-bond acceptors (Lipinski definition) is 1. The van der Waals surface area contributed by atoms with Crippen molar-refractivity contribution in [1.82, 2.24) is 5.32 Å². The molecule has 20 heavy (non-hydrogen) atoms. The standard InChI is InChI=1S/C15H19F4N/c1-9(8-20-12-4-5-12)10(2)11-3-6-13(14(16)7-11)15(17,18)19/h3,6-7,9-10,12,20H,4-5,8H2,1-2H3. The van der Waals surface area contributed by atoms with E-state index in [4.69, 9.17) is 0 Å². The number of benzene rings is 1. The van der Waals surface area contributed by atoms with Crippen LogP contribution >= 0.6 is 0 Å². The Morgan fingerprint density at radius 1 is 1.25 bits per heavy atom. The molecule has 0 spiro atoms. The fraction of sp³-hybridized carbons (Fsp3) is 0.600. The average Bonchev–Trinajstić information content (AvgIpc) is 3.17. The van der Waals surface area contributed by atoms with E-state index in [0.29, 0.717) is 11.6 Å². The molecule has 0 heterocycles. The third-order valence-corrected chi connectivity index (χ3v) is 3.98. The first-order valence-corrected chi connectivity index (χ1v) is 6.89. The smallest absolute Gasteiger partial charge is 0.314 e. The van der Waals surface area contributed by atoms with Gasteiger partial charge in [-0.15, -0.1) is 0 Å². The fourth-order valence-corrected chi connectivity index (χ4v) is 2.19. The summed E-state index contributed by atoms with van der Waals surface area (Å²) in [5, 5.41) is 3.38. The van der Waals surface area contributed by atoms with Crippen LogP contribution in [0, 0.1) is 11.7 Å². The Bertz CT molecular complexity index is 465. The molecule has 1 nitrogen and oxygen atoms in total. The van der Waals surface area contributed by atoms with Crippen molar-refractivity contribution in [2.45, 2.75) is 44.8 Å². The molecule has 1 aliphatic rings. The molecule has 0 amide bonds. The van der Waals surface area contributed by atoms with Crippen molar-refractivity contribution < 1.29 is 17.6 Å². The summed E-state index contributed by atoms with van der Waals surface area (Å²) < 4.78 is 51.1. The highest BCUT2D eigenvalue weighted by molar-refractivity contribution is 5.29. The van der Waals surface area contributed by atoms with Gasteiger partial charge < -0.3 is 5.32 Å². The van der Waals surface area contributed by atoms with Crippen LogP contribution in [-0.4, -0.2) is 12.6 Å². The van der Waals surface area contributed by atoms with Crippen LogP contribution in [0.15, 0.2) is 18.2 Å². The molecular formula is C15H19F4N. The number of rotatable bonds is 5. The molecule has 1 saturated carbocycles. The summed E-state index contributed by atoms with van der Waals surface area (Å²) in [7, 11) is 0. The molecule has 2 atom stereocenters. The summed E-state index contributed by atoms with van der Waals surface area (Å²) in [5.41, 5.74) is -0.585. The van der Waals surface area contributed by atoms with Gasteiger partial charge in [0.15, 0.2) is 0 Å². The highest BCUT2D eigenvalue weighted by atomic mass is 19.4. The van der Waals surface area contributed by atoms with Crippen LogP contribution in [0.3, 0.4) is 0 Å². The summed E-state index contributed by atoms with van der Waals surface area (Å²) >= 11 is 0. The van der Waals surface area contributed by atoms with Crippen LogP contribution < -0.4 is 5.32 Å². The van der Waals surface area contributed by atoms with Gasteiger partial charge in [0, 0.05) is 6.04 Å². The molecule has 0 saturated heterocycles. The average molecular weight is 289 g/mol. The highest BCUT2D eigenvalue weighted by Gasteiger charge is 2.34. The third-order valence-electron chi connectivity index (χ3n) is 3.98. The first kappa shape index (κ1) is 15.3. The molecule has 1 N–H and O–H groups in total. The molecule has 112 valence electrons. The lowest BCUT2D eigenvalue weighted by atomic mass is 9.88. The Morgan fingerprint density at radius 3 is 2.40 bits per heavy atom. The molecule has 1 aromatic rings. The van der Waals surface area contributed by atoms with Crippen molar-refractivity contribution >= 4 is 0 Å². The van der Waals surface area contributed by atoms with Crippen molar-refractivity contribution in [3.63, 3.8) is 0 Å². The molecule has 0 radical (unpaired) electrons. The molecule has 2 unspecified atom stereocenters. The SMILES string of the molecule is CC(CNC1CC1)C(C)c1ccc(C(F)(F)F)c(F)c1. The summed E-state index contributed by atoms with van der Waals surface area (Å²) in [6, 6.07) is 3.82. The number of halogens is 4. The molecule has 1 aliphatic carbocycles. The number of nitrogens with one attached hydrogen (secondary N) is 1. The molecule has 1 fully saturated rings. The van der Waals surface area contributed by atoms with E-state index in [2.05, 4.69) is 5.32 Å². The van der Waals surface area contributed by atoms with Crippen LogP contribution in [0.25, 0.3) is 0 Å². The van der Waals surface area contributed by atoms with Crippen LogP contribution in [0.4, 0.5) is 17.6 Å². The van der Waals surface area contributed by atoms with Gasteiger partial charge in [0.1, 0.15) is 5.82 Å². The Balaban J connectivity index is 2.05.